The average Bonchev–Trinajstić information content (AvgIpc) is 2.41. The minimum atomic E-state index is 0.855. The molecule has 0 aliphatic carbocycles. The van der Waals surface area contributed by atoms with Crippen molar-refractivity contribution >= 4 is 0 Å². The van der Waals surface area contributed by atoms with Crippen LogP contribution in [0.15, 0.2) is 0 Å². The van der Waals surface area contributed by atoms with Crippen LogP contribution in [-0.2, 0) is 4.74 Å². The van der Waals surface area contributed by atoms with Crippen LogP contribution in [0, 0.1) is 17.8 Å². The van der Waals surface area contributed by atoms with E-state index in [1.54, 1.807) is 0 Å². The van der Waals surface area contributed by atoms with E-state index >= 15 is 0 Å². The summed E-state index contributed by atoms with van der Waals surface area (Å²) in [6, 6.07) is 0. The van der Waals surface area contributed by atoms with Crippen molar-refractivity contribution in [2.24, 2.45) is 17.8 Å². The van der Waals surface area contributed by atoms with Gasteiger partial charge in [-0.05, 0) is 31.1 Å². The van der Waals surface area contributed by atoms with Gasteiger partial charge in [0.2, 0.25) is 0 Å². The molecule has 0 saturated heterocycles. The van der Waals surface area contributed by atoms with Gasteiger partial charge >= 0.3 is 0 Å². The first-order valence-corrected chi connectivity index (χ1v) is 9.19. The van der Waals surface area contributed by atoms with Crippen molar-refractivity contribution in [3.05, 3.63) is 0 Å². The molecule has 20 heavy (non-hydrogen) atoms. The molecule has 0 rings (SSSR count). The molecule has 1 heteroatoms. The summed E-state index contributed by atoms with van der Waals surface area (Å²) in [6.07, 6.45) is 12.5. The average molecular weight is 285 g/mol. The zero-order chi connectivity index (χ0) is 15.2. The van der Waals surface area contributed by atoms with Crippen molar-refractivity contribution in [2.75, 3.05) is 13.2 Å². The van der Waals surface area contributed by atoms with Crippen LogP contribution in [0.4, 0.5) is 0 Å². The third-order valence-corrected chi connectivity index (χ3v) is 4.51. The first kappa shape index (κ1) is 20.0. The molecule has 0 aliphatic rings. The summed E-state index contributed by atoms with van der Waals surface area (Å²) in [5.74, 6) is 2.61. The van der Waals surface area contributed by atoms with Crippen molar-refractivity contribution in [1.29, 1.82) is 0 Å². The van der Waals surface area contributed by atoms with Crippen molar-refractivity contribution < 1.29 is 4.74 Å². The Balaban J connectivity index is 3.98. The zero-order valence-electron chi connectivity index (χ0n) is 14.9. The fourth-order valence-electron chi connectivity index (χ4n) is 3.01. The first-order chi connectivity index (χ1) is 9.61. The Kier molecular flexibility index (Phi) is 13.9. The lowest BCUT2D eigenvalue weighted by atomic mass is 9.83. The Bertz CT molecular complexity index is 188. The highest BCUT2D eigenvalue weighted by Crippen LogP contribution is 2.27. The maximum atomic E-state index is 5.58. The topological polar surface area (TPSA) is 9.23 Å². The Hall–Kier alpha value is -0.0400. The van der Waals surface area contributed by atoms with Gasteiger partial charge in [0.25, 0.3) is 0 Å². The van der Waals surface area contributed by atoms with E-state index < -0.39 is 0 Å². The van der Waals surface area contributed by atoms with Gasteiger partial charge in [-0.1, -0.05) is 79.1 Å². The maximum absolute atomic E-state index is 5.58. The van der Waals surface area contributed by atoms with Crippen LogP contribution in [0.5, 0.6) is 0 Å². The van der Waals surface area contributed by atoms with E-state index in [1.807, 2.05) is 0 Å². The molecule has 0 heterocycles. The Morgan fingerprint density at radius 1 is 0.750 bits per heavy atom. The van der Waals surface area contributed by atoms with E-state index in [9.17, 15) is 0 Å². The Morgan fingerprint density at radius 2 is 1.50 bits per heavy atom. The van der Waals surface area contributed by atoms with Gasteiger partial charge in [0, 0.05) is 13.2 Å². The maximum Gasteiger partial charge on any atom is 0.0468 e. The Labute approximate surface area is 128 Å². The number of ether oxygens (including phenoxy) is 1. The van der Waals surface area contributed by atoms with E-state index in [0.29, 0.717) is 0 Å². The summed E-state index contributed by atoms with van der Waals surface area (Å²) in [5.41, 5.74) is 0. The lowest BCUT2D eigenvalue weighted by Gasteiger charge is -2.24. The highest BCUT2D eigenvalue weighted by Gasteiger charge is 2.16. The van der Waals surface area contributed by atoms with Crippen molar-refractivity contribution in [3.8, 4) is 0 Å². The minimum absolute atomic E-state index is 0.855. The van der Waals surface area contributed by atoms with Gasteiger partial charge in [0.05, 0.1) is 0 Å². The second-order valence-electron chi connectivity index (χ2n) is 6.90. The normalized spacial score (nSPS) is 14.7. The smallest absolute Gasteiger partial charge is 0.0468 e. The molecule has 0 radical (unpaired) electrons. The largest absolute Gasteiger partial charge is 0.382 e. The summed E-state index contributed by atoms with van der Waals surface area (Å²) in [7, 11) is 0. The lowest BCUT2D eigenvalue weighted by Crippen LogP contribution is -2.15. The zero-order valence-corrected chi connectivity index (χ0v) is 14.9. The van der Waals surface area contributed by atoms with Gasteiger partial charge in [0.1, 0.15) is 0 Å². The SMILES string of the molecule is CCCCCCC(CCOCC)C(C)CCCC(C)C. The van der Waals surface area contributed by atoms with E-state index in [-0.39, 0.29) is 0 Å². The molecule has 0 aliphatic heterocycles. The first-order valence-electron chi connectivity index (χ1n) is 9.19. The third-order valence-electron chi connectivity index (χ3n) is 4.51. The molecule has 0 bridgehead atoms. The van der Waals surface area contributed by atoms with Gasteiger partial charge in [-0.3, -0.25) is 0 Å². The van der Waals surface area contributed by atoms with E-state index in [4.69, 9.17) is 4.74 Å². The molecular weight excluding hydrogens is 244 g/mol. The summed E-state index contributed by atoms with van der Waals surface area (Å²) >= 11 is 0. The van der Waals surface area contributed by atoms with E-state index in [1.165, 1.54) is 57.8 Å². The molecule has 0 N–H and O–H groups in total. The molecule has 122 valence electrons. The van der Waals surface area contributed by atoms with Gasteiger partial charge in [0.15, 0.2) is 0 Å². The van der Waals surface area contributed by atoms with Gasteiger partial charge in [-0.15, -0.1) is 0 Å². The quantitative estimate of drug-likeness (QED) is 0.332. The van der Waals surface area contributed by atoms with Crippen LogP contribution in [-0.4, -0.2) is 13.2 Å². The summed E-state index contributed by atoms with van der Waals surface area (Å²) in [4.78, 5) is 0. The molecule has 0 aromatic carbocycles. The fourth-order valence-corrected chi connectivity index (χ4v) is 3.01. The second kappa shape index (κ2) is 13.9. The molecule has 0 spiro atoms. The summed E-state index contributed by atoms with van der Waals surface area (Å²) in [6.45, 7) is 13.4. The highest BCUT2D eigenvalue weighted by molar-refractivity contribution is 4.68. The van der Waals surface area contributed by atoms with Crippen LogP contribution in [0.2, 0.25) is 0 Å². The fraction of sp³-hybridized carbons (Fsp3) is 1.00. The van der Waals surface area contributed by atoms with Gasteiger partial charge in [-0.25, -0.2) is 0 Å². The second-order valence-corrected chi connectivity index (χ2v) is 6.90. The number of rotatable bonds is 14. The monoisotopic (exact) mass is 284 g/mol. The standard InChI is InChI=1S/C19H40O/c1-6-8-9-10-14-19(15-16-20-7-2)18(5)13-11-12-17(3)4/h17-19H,6-16H2,1-5H3. The molecular formula is C19H40O. The summed E-state index contributed by atoms with van der Waals surface area (Å²) in [5, 5.41) is 0. The van der Waals surface area contributed by atoms with Crippen LogP contribution >= 0.6 is 0 Å². The number of hydrogen-bond donors (Lipinski definition) is 0. The summed E-state index contributed by atoms with van der Waals surface area (Å²) < 4.78 is 5.58. The molecule has 0 amide bonds. The van der Waals surface area contributed by atoms with Gasteiger partial charge in [-0.2, -0.15) is 0 Å². The molecule has 0 aromatic heterocycles. The minimum Gasteiger partial charge on any atom is -0.382 e. The molecule has 0 aromatic rings. The molecule has 2 atom stereocenters. The van der Waals surface area contributed by atoms with Crippen LogP contribution < -0.4 is 0 Å². The van der Waals surface area contributed by atoms with E-state index in [0.717, 1.165) is 31.0 Å². The van der Waals surface area contributed by atoms with Crippen molar-refractivity contribution in [3.63, 3.8) is 0 Å². The molecule has 0 fully saturated rings. The van der Waals surface area contributed by atoms with Crippen LogP contribution in [0.3, 0.4) is 0 Å². The third kappa shape index (κ3) is 11.8. The Morgan fingerprint density at radius 3 is 2.10 bits per heavy atom. The predicted molar refractivity (Wildman–Crippen MR) is 91.2 cm³/mol. The highest BCUT2D eigenvalue weighted by atomic mass is 16.5. The molecule has 0 saturated carbocycles. The van der Waals surface area contributed by atoms with Gasteiger partial charge < -0.3 is 4.74 Å². The number of hydrogen-bond acceptors (Lipinski definition) is 1. The van der Waals surface area contributed by atoms with Crippen LogP contribution in [0.1, 0.15) is 92.4 Å². The molecule has 2 unspecified atom stereocenters. The number of unbranched alkanes of at least 4 members (excludes halogenated alkanes) is 3. The van der Waals surface area contributed by atoms with Crippen molar-refractivity contribution in [1.82, 2.24) is 0 Å². The van der Waals surface area contributed by atoms with E-state index in [2.05, 4.69) is 34.6 Å². The van der Waals surface area contributed by atoms with Crippen LogP contribution in [0.25, 0.3) is 0 Å². The predicted octanol–water partition coefficient (Wildman–Crippen LogP) is 6.46. The lowest BCUT2D eigenvalue weighted by molar-refractivity contribution is 0.117. The van der Waals surface area contributed by atoms with Crippen molar-refractivity contribution in [2.45, 2.75) is 92.4 Å². The molecule has 1 nitrogen and oxygen atoms in total.